The molecule has 30 heavy (non-hydrogen) atoms. The van der Waals surface area contributed by atoms with E-state index in [0.717, 1.165) is 44.7 Å². The van der Waals surface area contributed by atoms with E-state index in [1.165, 1.54) is 11.3 Å². The Labute approximate surface area is 179 Å². The van der Waals surface area contributed by atoms with Crippen molar-refractivity contribution in [3.63, 3.8) is 0 Å². The average Bonchev–Trinajstić information content (AvgIpc) is 3.18. The van der Waals surface area contributed by atoms with Gasteiger partial charge in [-0.1, -0.05) is 30.4 Å². The normalized spacial score (nSPS) is 10.8. The summed E-state index contributed by atoms with van der Waals surface area (Å²) in [6.45, 7) is 5.08. The molecule has 0 radical (unpaired) electrons. The lowest BCUT2D eigenvalue weighted by Gasteiger charge is -2.14. The lowest BCUT2D eigenvalue weighted by molar-refractivity contribution is -0.136. The van der Waals surface area contributed by atoms with E-state index in [9.17, 15) is 4.79 Å². The third-order valence-electron chi connectivity index (χ3n) is 4.47. The summed E-state index contributed by atoms with van der Waals surface area (Å²) in [6, 6.07) is 11.2. The number of thiophene rings is 1. The van der Waals surface area contributed by atoms with Crippen LogP contribution in [0.2, 0.25) is 0 Å². The van der Waals surface area contributed by atoms with Crippen LogP contribution in [0.4, 0.5) is 11.5 Å². The minimum atomic E-state index is -0.846. The molecule has 0 amide bonds. The summed E-state index contributed by atoms with van der Waals surface area (Å²) in [6.07, 6.45) is 0.797. The first-order valence-electron chi connectivity index (χ1n) is 9.67. The Balaban J connectivity index is 1.84. The fourth-order valence-corrected chi connectivity index (χ4v) is 3.81. The van der Waals surface area contributed by atoms with Gasteiger partial charge in [-0.2, -0.15) is 0 Å². The molecule has 0 saturated carbocycles. The maximum absolute atomic E-state index is 10.9. The number of anilines is 2. The van der Waals surface area contributed by atoms with Crippen molar-refractivity contribution in [2.45, 2.75) is 26.7 Å². The average molecular weight is 428 g/mol. The molecule has 8 heteroatoms. The molecule has 2 heterocycles. The number of carboxylic acid groups (broad SMARTS) is 1. The van der Waals surface area contributed by atoms with Crippen molar-refractivity contribution in [1.82, 2.24) is 9.97 Å². The molecule has 0 saturated heterocycles. The number of methoxy groups -OCH3 is 1. The molecule has 0 fully saturated rings. The first-order chi connectivity index (χ1) is 14.5. The topological polar surface area (TPSA) is 93.6 Å². The first kappa shape index (κ1) is 21.7. The third-order valence-corrected chi connectivity index (χ3v) is 5.47. The molecule has 0 unspecified atom stereocenters. The number of carboxylic acids is 1. The van der Waals surface area contributed by atoms with Gasteiger partial charge in [0.2, 0.25) is 0 Å². The number of benzene rings is 1. The van der Waals surface area contributed by atoms with E-state index in [4.69, 9.17) is 19.6 Å². The maximum Gasteiger partial charge on any atom is 0.307 e. The Morgan fingerprint density at radius 3 is 2.57 bits per heavy atom. The van der Waals surface area contributed by atoms with E-state index in [-0.39, 0.29) is 6.42 Å². The predicted molar refractivity (Wildman–Crippen MR) is 118 cm³/mol. The van der Waals surface area contributed by atoms with Crippen molar-refractivity contribution in [3.8, 4) is 15.8 Å². The van der Waals surface area contributed by atoms with E-state index in [1.807, 2.05) is 31.2 Å². The fraction of sp³-hybridized carbons (Fsp3) is 0.318. The molecule has 0 bridgehead atoms. The van der Waals surface area contributed by atoms with Gasteiger partial charge in [0.15, 0.2) is 10.9 Å². The van der Waals surface area contributed by atoms with Gasteiger partial charge in [0, 0.05) is 24.1 Å². The predicted octanol–water partition coefficient (Wildman–Crippen LogP) is 4.47. The number of hydrogen-bond donors (Lipinski definition) is 2. The summed E-state index contributed by atoms with van der Waals surface area (Å²) in [5, 5.41) is 13.1. The smallest absolute Gasteiger partial charge is 0.307 e. The minimum absolute atomic E-state index is 0.00438. The number of carbonyl (C=O) groups is 1. The van der Waals surface area contributed by atoms with Crippen LogP contribution >= 0.6 is 11.3 Å². The third kappa shape index (κ3) is 5.55. The summed E-state index contributed by atoms with van der Waals surface area (Å²) < 4.78 is 10.7. The summed E-state index contributed by atoms with van der Waals surface area (Å²) in [7, 11) is 1.64. The summed E-state index contributed by atoms with van der Waals surface area (Å²) in [5.74, 6) is 0.545. The Hall–Kier alpha value is -2.97. The molecule has 0 aliphatic heterocycles. The van der Waals surface area contributed by atoms with Crippen LogP contribution in [0, 0.1) is 6.92 Å². The van der Waals surface area contributed by atoms with Gasteiger partial charge >= 0.3 is 5.97 Å². The number of nitrogens with one attached hydrogen (secondary N) is 1. The molecule has 1 aromatic carbocycles. The quantitative estimate of drug-likeness (QED) is 0.461. The zero-order valence-electron chi connectivity index (χ0n) is 17.3. The molecule has 2 N–H and O–H groups in total. The zero-order chi connectivity index (χ0) is 21.5. The Bertz CT molecular complexity index is 1000. The molecular weight excluding hydrogens is 402 g/mol. The molecule has 3 aromatic rings. The number of rotatable bonds is 10. The van der Waals surface area contributed by atoms with Gasteiger partial charge in [0.25, 0.3) is 0 Å². The standard InChI is InChI=1S/C22H25N3O4S/c1-4-17-14(2)23-22(18-9-10-20(30-18)29-12-11-28-3)25-21(17)24-16-7-5-15(6-8-16)13-19(26)27/h5-10H,4,11-13H2,1-3H3,(H,26,27)(H,23,24,25). The molecule has 158 valence electrons. The Morgan fingerprint density at radius 1 is 1.13 bits per heavy atom. The van der Waals surface area contributed by atoms with Crippen LogP contribution in [-0.4, -0.2) is 41.4 Å². The van der Waals surface area contributed by atoms with Crippen LogP contribution in [0.1, 0.15) is 23.7 Å². The van der Waals surface area contributed by atoms with Crippen molar-refractivity contribution in [3.05, 3.63) is 53.2 Å². The fourth-order valence-electron chi connectivity index (χ4n) is 2.99. The number of nitrogens with zero attached hydrogens (tertiary/aromatic N) is 2. The maximum atomic E-state index is 10.9. The van der Waals surface area contributed by atoms with E-state index in [2.05, 4.69) is 17.2 Å². The van der Waals surface area contributed by atoms with E-state index in [0.29, 0.717) is 19.0 Å². The lowest BCUT2D eigenvalue weighted by Crippen LogP contribution is -2.05. The van der Waals surface area contributed by atoms with Gasteiger partial charge in [-0.3, -0.25) is 4.79 Å². The molecular formula is C22H25N3O4S. The molecule has 0 aliphatic carbocycles. The molecule has 7 nitrogen and oxygen atoms in total. The van der Waals surface area contributed by atoms with E-state index in [1.54, 1.807) is 19.2 Å². The highest BCUT2D eigenvalue weighted by atomic mass is 32.1. The molecule has 0 spiro atoms. The van der Waals surface area contributed by atoms with Crippen LogP contribution in [0.5, 0.6) is 5.06 Å². The summed E-state index contributed by atoms with van der Waals surface area (Å²) in [5.41, 5.74) is 3.56. The van der Waals surface area contributed by atoms with Crippen LogP contribution in [0.25, 0.3) is 10.7 Å². The first-order valence-corrected chi connectivity index (χ1v) is 10.5. The molecule has 0 aliphatic rings. The van der Waals surface area contributed by atoms with Gasteiger partial charge in [0.1, 0.15) is 12.4 Å². The summed E-state index contributed by atoms with van der Waals surface area (Å²) >= 11 is 1.50. The SMILES string of the molecule is CCc1c(C)nc(-c2ccc(OCCOC)s2)nc1Nc1ccc(CC(=O)O)cc1. The highest BCUT2D eigenvalue weighted by Crippen LogP contribution is 2.33. The van der Waals surface area contributed by atoms with Gasteiger partial charge < -0.3 is 19.9 Å². The monoisotopic (exact) mass is 427 g/mol. The Kier molecular flexibility index (Phi) is 7.37. The number of aromatic nitrogens is 2. The second-order valence-electron chi connectivity index (χ2n) is 6.67. The highest BCUT2D eigenvalue weighted by Gasteiger charge is 2.14. The van der Waals surface area contributed by atoms with E-state index < -0.39 is 5.97 Å². The van der Waals surface area contributed by atoms with Gasteiger partial charge in [-0.15, -0.1) is 0 Å². The lowest BCUT2D eigenvalue weighted by atomic mass is 10.1. The summed E-state index contributed by atoms with van der Waals surface area (Å²) in [4.78, 5) is 21.2. The van der Waals surface area contributed by atoms with Crippen LogP contribution in [-0.2, 0) is 22.4 Å². The van der Waals surface area contributed by atoms with Gasteiger partial charge in [0.05, 0.1) is 17.9 Å². The minimum Gasteiger partial charge on any atom is -0.482 e. The van der Waals surface area contributed by atoms with E-state index >= 15 is 0 Å². The molecule has 3 rings (SSSR count). The van der Waals surface area contributed by atoms with Crippen molar-refractivity contribution in [2.24, 2.45) is 0 Å². The van der Waals surface area contributed by atoms with Crippen molar-refractivity contribution < 1.29 is 19.4 Å². The highest BCUT2D eigenvalue weighted by molar-refractivity contribution is 7.17. The second-order valence-corrected chi connectivity index (χ2v) is 7.71. The Morgan fingerprint density at radius 2 is 1.90 bits per heavy atom. The van der Waals surface area contributed by atoms with Crippen molar-refractivity contribution in [1.29, 1.82) is 0 Å². The van der Waals surface area contributed by atoms with Gasteiger partial charge in [-0.05, 0) is 43.2 Å². The largest absolute Gasteiger partial charge is 0.482 e. The van der Waals surface area contributed by atoms with Crippen LogP contribution in [0.3, 0.4) is 0 Å². The van der Waals surface area contributed by atoms with Crippen LogP contribution < -0.4 is 10.1 Å². The van der Waals surface area contributed by atoms with Crippen molar-refractivity contribution >= 4 is 28.8 Å². The zero-order valence-corrected chi connectivity index (χ0v) is 18.1. The number of ether oxygens (including phenoxy) is 2. The van der Waals surface area contributed by atoms with Crippen LogP contribution in [0.15, 0.2) is 36.4 Å². The molecule has 0 atom stereocenters. The number of aryl methyl sites for hydroxylation is 1. The second kappa shape index (κ2) is 10.2. The number of aliphatic carboxylic acids is 1. The van der Waals surface area contributed by atoms with Crippen molar-refractivity contribution in [2.75, 3.05) is 25.6 Å². The van der Waals surface area contributed by atoms with Gasteiger partial charge in [-0.25, -0.2) is 9.97 Å². The molecule has 2 aromatic heterocycles. The number of hydrogen-bond acceptors (Lipinski definition) is 7.